The third-order valence-corrected chi connectivity index (χ3v) is 3.08. The van der Waals surface area contributed by atoms with Crippen LogP contribution in [0.5, 0.6) is 0 Å². The van der Waals surface area contributed by atoms with Crippen molar-refractivity contribution in [1.82, 2.24) is 0 Å². The van der Waals surface area contributed by atoms with Crippen LogP contribution in [0.3, 0.4) is 0 Å². The van der Waals surface area contributed by atoms with E-state index in [1.54, 1.807) is 0 Å². The fourth-order valence-electron chi connectivity index (χ4n) is 1.75. The number of hydrogen-bond acceptors (Lipinski definition) is 0. The third-order valence-electron chi connectivity index (χ3n) is 3.08. The predicted molar refractivity (Wildman–Crippen MR) is 115 cm³/mol. The molecule has 0 aliphatic carbocycles. The van der Waals surface area contributed by atoms with Gasteiger partial charge < -0.3 is 0 Å². The minimum Gasteiger partial charge on any atom is -0.214 e. The number of rotatable bonds is 0. The van der Waals surface area contributed by atoms with Gasteiger partial charge in [0.15, 0.2) is 0 Å². The Morgan fingerprint density at radius 1 is 0.407 bits per heavy atom. The van der Waals surface area contributed by atoms with Gasteiger partial charge in [0.05, 0.1) is 0 Å². The monoisotopic (exact) mass is 386 g/mol. The van der Waals surface area contributed by atoms with Crippen molar-refractivity contribution < 1.29 is 21.7 Å². The molecule has 0 atom stereocenters. The van der Waals surface area contributed by atoms with E-state index in [4.69, 9.17) is 0 Å². The van der Waals surface area contributed by atoms with Crippen molar-refractivity contribution in [3.8, 4) is 0 Å². The van der Waals surface area contributed by atoms with E-state index in [9.17, 15) is 0 Å². The van der Waals surface area contributed by atoms with Crippen LogP contribution >= 0.6 is 0 Å². The maximum absolute atomic E-state index is 3.72. The molecule has 4 aromatic carbocycles. The van der Waals surface area contributed by atoms with Gasteiger partial charge in [0, 0.05) is 0 Å². The Bertz CT molecular complexity index is 639. The molecule has 0 unspecified atom stereocenters. The molecular formula is C26H26Ti. The first-order chi connectivity index (χ1) is 12.7. The summed E-state index contributed by atoms with van der Waals surface area (Å²) in [4.78, 5) is 0. The fourth-order valence-corrected chi connectivity index (χ4v) is 1.75. The molecule has 0 saturated carbocycles. The van der Waals surface area contributed by atoms with Crippen molar-refractivity contribution >= 4 is 0 Å². The molecule has 0 radical (unpaired) electrons. The molecule has 0 aliphatic heterocycles. The molecule has 134 valence electrons. The van der Waals surface area contributed by atoms with Gasteiger partial charge in [0.2, 0.25) is 0 Å². The summed E-state index contributed by atoms with van der Waals surface area (Å²) in [5, 5.41) is 0. The summed E-state index contributed by atoms with van der Waals surface area (Å²) >= 11 is 0. The van der Waals surface area contributed by atoms with Gasteiger partial charge in [-0.25, -0.2) is 12.1 Å². The minimum absolute atomic E-state index is 0. The zero-order valence-electron chi connectivity index (χ0n) is 15.7. The standard InChI is InChI=1S/3C7H7.C5H5.Ti/c3*1-7-5-3-2-4-6-7;1-2-4-5-3-1;/h3*2-6H,1H2;1-5H;/q4*-1;+4. The van der Waals surface area contributed by atoms with Crippen LogP contribution in [-0.4, -0.2) is 0 Å². The van der Waals surface area contributed by atoms with Crippen LogP contribution in [0.25, 0.3) is 0 Å². The third kappa shape index (κ3) is 15.3. The van der Waals surface area contributed by atoms with Crippen LogP contribution in [-0.2, 0) is 21.7 Å². The van der Waals surface area contributed by atoms with Gasteiger partial charge >= 0.3 is 21.7 Å². The number of hydrogen-bond donors (Lipinski definition) is 0. The molecule has 0 saturated heterocycles. The van der Waals surface area contributed by atoms with E-state index in [0.717, 1.165) is 16.7 Å². The second-order valence-electron chi connectivity index (χ2n) is 5.42. The molecule has 0 heterocycles. The average molecular weight is 386 g/mol. The van der Waals surface area contributed by atoms with E-state index in [2.05, 4.69) is 20.8 Å². The first-order valence-electron chi connectivity index (χ1n) is 8.46. The smallest absolute Gasteiger partial charge is 0.214 e. The van der Waals surface area contributed by atoms with Crippen molar-refractivity contribution in [1.29, 1.82) is 0 Å². The van der Waals surface area contributed by atoms with Gasteiger partial charge in [0.1, 0.15) is 0 Å². The van der Waals surface area contributed by atoms with Gasteiger partial charge in [-0.15, -0.1) is 36.4 Å². The Morgan fingerprint density at radius 3 is 0.778 bits per heavy atom. The molecule has 0 fully saturated rings. The van der Waals surface area contributed by atoms with Crippen molar-refractivity contribution in [2.75, 3.05) is 0 Å². The molecule has 27 heavy (non-hydrogen) atoms. The van der Waals surface area contributed by atoms with Crippen LogP contribution in [0.2, 0.25) is 0 Å². The van der Waals surface area contributed by atoms with Crippen molar-refractivity contribution in [2.24, 2.45) is 0 Å². The van der Waals surface area contributed by atoms with Crippen LogP contribution in [0.15, 0.2) is 121 Å². The number of benzene rings is 3. The minimum atomic E-state index is 0. The molecule has 1 heteroatoms. The molecule has 4 aromatic rings. The van der Waals surface area contributed by atoms with Crippen LogP contribution in [0.4, 0.5) is 0 Å². The summed E-state index contributed by atoms with van der Waals surface area (Å²) in [5.41, 5.74) is 3.22. The zero-order chi connectivity index (χ0) is 18.9. The second kappa shape index (κ2) is 16.8. The van der Waals surface area contributed by atoms with Crippen LogP contribution in [0.1, 0.15) is 16.7 Å². The van der Waals surface area contributed by atoms with Gasteiger partial charge in [-0.1, -0.05) is 18.2 Å². The van der Waals surface area contributed by atoms with E-state index >= 15 is 0 Å². The van der Waals surface area contributed by atoms with E-state index in [-0.39, 0.29) is 21.7 Å². The topological polar surface area (TPSA) is 0 Å². The van der Waals surface area contributed by atoms with Gasteiger partial charge in [-0.3, -0.25) is 0 Å². The maximum Gasteiger partial charge on any atom is 4.00 e. The summed E-state index contributed by atoms with van der Waals surface area (Å²) in [6.07, 6.45) is 0. The first kappa shape index (κ1) is 24.3. The van der Waals surface area contributed by atoms with Gasteiger partial charge in [0.25, 0.3) is 0 Å². The Hall–Kier alpha value is -2.67. The van der Waals surface area contributed by atoms with Crippen molar-refractivity contribution in [2.45, 2.75) is 0 Å². The summed E-state index contributed by atoms with van der Waals surface area (Å²) in [6.45, 7) is 11.2. The average Bonchev–Trinajstić information content (AvgIpc) is 3.25. The van der Waals surface area contributed by atoms with E-state index in [0.29, 0.717) is 0 Å². The molecular weight excluding hydrogens is 360 g/mol. The Labute approximate surface area is 180 Å². The Balaban J connectivity index is 0.000000332. The molecule has 0 spiro atoms. The Morgan fingerprint density at radius 2 is 0.667 bits per heavy atom. The summed E-state index contributed by atoms with van der Waals surface area (Å²) in [6, 6.07) is 39.6. The molecule has 0 aromatic heterocycles. The molecule has 0 aliphatic rings. The van der Waals surface area contributed by atoms with Crippen LogP contribution < -0.4 is 0 Å². The summed E-state index contributed by atoms with van der Waals surface area (Å²) < 4.78 is 0. The largest absolute Gasteiger partial charge is 4.00 e. The zero-order valence-corrected chi connectivity index (χ0v) is 17.2. The second-order valence-corrected chi connectivity index (χ2v) is 5.42. The van der Waals surface area contributed by atoms with Gasteiger partial charge in [-0.2, -0.15) is 92.1 Å². The molecule has 0 N–H and O–H groups in total. The molecule has 0 bridgehead atoms. The molecule has 4 rings (SSSR count). The van der Waals surface area contributed by atoms with E-state index in [1.165, 1.54) is 0 Å². The predicted octanol–water partition coefficient (Wildman–Crippen LogP) is 7.01. The van der Waals surface area contributed by atoms with E-state index < -0.39 is 0 Å². The van der Waals surface area contributed by atoms with Crippen molar-refractivity contribution in [3.05, 3.63) is 159 Å². The Kier molecular flexibility index (Phi) is 15.1. The summed E-state index contributed by atoms with van der Waals surface area (Å²) in [5.74, 6) is 0. The van der Waals surface area contributed by atoms with Gasteiger partial charge in [-0.05, 0) is 0 Å². The van der Waals surface area contributed by atoms with Crippen molar-refractivity contribution in [3.63, 3.8) is 0 Å². The fraction of sp³-hybridized carbons (Fsp3) is 0. The molecule has 0 nitrogen and oxygen atoms in total. The quantitative estimate of drug-likeness (QED) is 0.225. The van der Waals surface area contributed by atoms with E-state index in [1.807, 2.05) is 121 Å². The molecule has 0 amide bonds. The normalized spacial score (nSPS) is 8.15. The van der Waals surface area contributed by atoms with Crippen LogP contribution in [0, 0.1) is 20.8 Å². The SMILES string of the molecule is [CH2-]c1ccccc1.[CH2-]c1ccccc1.[CH2-]c1ccccc1.[Ti+4].c1cc[cH-]c1. The summed E-state index contributed by atoms with van der Waals surface area (Å²) in [7, 11) is 0. The first-order valence-corrected chi connectivity index (χ1v) is 8.46. The maximum atomic E-state index is 3.72.